The number of nitrogens with zero attached hydrogens (tertiary/aromatic N) is 1. The first kappa shape index (κ1) is 11.9. The van der Waals surface area contributed by atoms with Crippen LogP contribution in [0.1, 0.15) is 17.9 Å². The monoisotopic (exact) mass is 263 g/mol. The van der Waals surface area contributed by atoms with Gasteiger partial charge in [-0.3, -0.25) is 4.79 Å². The van der Waals surface area contributed by atoms with Crippen molar-refractivity contribution in [3.8, 4) is 0 Å². The first-order chi connectivity index (χ1) is 8.70. The second-order valence-electron chi connectivity index (χ2n) is 5.08. The van der Waals surface area contributed by atoms with E-state index in [-0.39, 0.29) is 11.8 Å². The molecule has 0 bridgehead atoms. The fraction of sp³-hybridized carbons (Fsp3) is 0.500. The smallest absolute Gasteiger partial charge is 0.311 e. The van der Waals surface area contributed by atoms with E-state index in [2.05, 4.69) is 11.9 Å². The highest BCUT2D eigenvalue weighted by Gasteiger charge is 2.44. The Morgan fingerprint density at radius 3 is 3.00 bits per heavy atom. The van der Waals surface area contributed by atoms with Gasteiger partial charge in [0, 0.05) is 24.7 Å². The van der Waals surface area contributed by atoms with Gasteiger partial charge in [-0.05, 0) is 29.6 Å². The molecular weight excluding hydrogens is 246 g/mol. The SMILES string of the molecule is CN1c2ccccc2C(C(=O)O)C2CSCCC21. The minimum absolute atomic E-state index is 0.237. The highest BCUT2D eigenvalue weighted by molar-refractivity contribution is 7.99. The van der Waals surface area contributed by atoms with Crippen molar-refractivity contribution in [3.05, 3.63) is 29.8 Å². The van der Waals surface area contributed by atoms with Gasteiger partial charge in [0.1, 0.15) is 0 Å². The Labute approximate surface area is 111 Å². The van der Waals surface area contributed by atoms with Gasteiger partial charge in [0.2, 0.25) is 0 Å². The van der Waals surface area contributed by atoms with E-state index in [1.54, 1.807) is 0 Å². The van der Waals surface area contributed by atoms with E-state index in [9.17, 15) is 9.90 Å². The summed E-state index contributed by atoms with van der Waals surface area (Å²) in [5.41, 5.74) is 2.08. The molecular formula is C14H17NO2S. The third-order valence-electron chi connectivity index (χ3n) is 4.21. The average Bonchev–Trinajstić information content (AvgIpc) is 2.39. The number of para-hydroxylation sites is 1. The lowest BCUT2D eigenvalue weighted by atomic mass is 9.76. The minimum Gasteiger partial charge on any atom is -0.481 e. The molecule has 2 heterocycles. The number of fused-ring (bicyclic) bond motifs is 2. The van der Waals surface area contributed by atoms with Crippen LogP contribution in [0.3, 0.4) is 0 Å². The molecule has 0 aromatic heterocycles. The summed E-state index contributed by atoms with van der Waals surface area (Å²) in [5.74, 6) is 1.32. The van der Waals surface area contributed by atoms with Crippen molar-refractivity contribution in [3.63, 3.8) is 0 Å². The maximum Gasteiger partial charge on any atom is 0.311 e. The standard InChI is InChI=1S/C14H17NO2S/c1-15-11-5-3-2-4-9(11)13(14(16)17)10-8-18-7-6-12(10)15/h2-5,10,12-13H,6-8H2,1H3,(H,16,17). The number of hydrogen-bond acceptors (Lipinski definition) is 3. The van der Waals surface area contributed by atoms with Crippen molar-refractivity contribution in [2.75, 3.05) is 23.5 Å². The topological polar surface area (TPSA) is 40.5 Å². The molecule has 2 aliphatic heterocycles. The molecule has 18 heavy (non-hydrogen) atoms. The molecule has 3 nitrogen and oxygen atoms in total. The quantitative estimate of drug-likeness (QED) is 0.845. The lowest BCUT2D eigenvalue weighted by molar-refractivity contribution is -0.140. The molecule has 0 spiro atoms. The third-order valence-corrected chi connectivity index (χ3v) is 5.35. The fourth-order valence-corrected chi connectivity index (χ4v) is 4.61. The Bertz CT molecular complexity index is 477. The zero-order valence-corrected chi connectivity index (χ0v) is 11.2. The molecule has 3 rings (SSSR count). The van der Waals surface area contributed by atoms with Crippen molar-refractivity contribution in [1.29, 1.82) is 0 Å². The number of carboxylic acids is 1. The number of benzene rings is 1. The van der Waals surface area contributed by atoms with Crippen molar-refractivity contribution in [2.24, 2.45) is 5.92 Å². The van der Waals surface area contributed by atoms with Crippen LogP contribution in [-0.2, 0) is 4.79 Å². The summed E-state index contributed by atoms with van der Waals surface area (Å²) in [6.07, 6.45) is 1.09. The van der Waals surface area contributed by atoms with Crippen molar-refractivity contribution in [1.82, 2.24) is 0 Å². The lowest BCUT2D eigenvalue weighted by Crippen LogP contribution is -2.49. The number of rotatable bonds is 1. The van der Waals surface area contributed by atoms with E-state index in [1.807, 2.05) is 36.0 Å². The number of aliphatic carboxylic acids is 1. The molecule has 0 saturated carbocycles. The van der Waals surface area contributed by atoms with Crippen LogP contribution in [0.2, 0.25) is 0 Å². The Kier molecular flexibility index (Phi) is 2.98. The number of carboxylic acid groups (broad SMARTS) is 1. The zero-order chi connectivity index (χ0) is 12.7. The maximum absolute atomic E-state index is 11.7. The molecule has 4 heteroatoms. The van der Waals surface area contributed by atoms with Crippen LogP contribution in [-0.4, -0.2) is 35.7 Å². The predicted octanol–water partition coefficient (Wildman–Crippen LogP) is 2.43. The van der Waals surface area contributed by atoms with Gasteiger partial charge >= 0.3 is 5.97 Å². The predicted molar refractivity (Wildman–Crippen MR) is 74.4 cm³/mol. The molecule has 1 N–H and O–H groups in total. The Morgan fingerprint density at radius 1 is 1.44 bits per heavy atom. The van der Waals surface area contributed by atoms with Crippen molar-refractivity contribution < 1.29 is 9.90 Å². The summed E-state index contributed by atoms with van der Waals surface area (Å²) in [6.45, 7) is 0. The Morgan fingerprint density at radius 2 is 2.22 bits per heavy atom. The molecule has 3 atom stereocenters. The van der Waals surface area contributed by atoms with E-state index < -0.39 is 5.97 Å². The number of hydrogen-bond donors (Lipinski definition) is 1. The maximum atomic E-state index is 11.7. The highest BCUT2D eigenvalue weighted by atomic mass is 32.2. The molecule has 0 amide bonds. The Hall–Kier alpha value is -1.16. The molecule has 1 aromatic carbocycles. The van der Waals surface area contributed by atoms with Crippen LogP contribution in [0.4, 0.5) is 5.69 Å². The van der Waals surface area contributed by atoms with E-state index in [0.29, 0.717) is 6.04 Å². The minimum atomic E-state index is -0.673. The zero-order valence-electron chi connectivity index (χ0n) is 10.4. The van der Waals surface area contributed by atoms with Crippen LogP contribution in [0.5, 0.6) is 0 Å². The van der Waals surface area contributed by atoms with E-state index >= 15 is 0 Å². The van der Waals surface area contributed by atoms with Crippen LogP contribution in [0.25, 0.3) is 0 Å². The summed E-state index contributed by atoms with van der Waals surface area (Å²) >= 11 is 1.89. The van der Waals surface area contributed by atoms with E-state index in [4.69, 9.17) is 0 Å². The molecule has 1 fully saturated rings. The summed E-state index contributed by atoms with van der Waals surface area (Å²) in [7, 11) is 2.10. The lowest BCUT2D eigenvalue weighted by Gasteiger charge is -2.46. The second kappa shape index (κ2) is 4.50. The number of carbonyl (C=O) groups is 1. The molecule has 2 aliphatic rings. The van der Waals surface area contributed by atoms with Crippen LogP contribution < -0.4 is 4.90 Å². The third kappa shape index (κ3) is 1.70. The summed E-state index contributed by atoms with van der Waals surface area (Å²) in [5, 5.41) is 9.58. The van der Waals surface area contributed by atoms with Gasteiger partial charge in [0.25, 0.3) is 0 Å². The summed E-state index contributed by atoms with van der Waals surface area (Å²) in [6, 6.07) is 8.33. The molecule has 0 aliphatic carbocycles. The van der Waals surface area contributed by atoms with Crippen molar-refractivity contribution >= 4 is 23.4 Å². The van der Waals surface area contributed by atoms with Gasteiger partial charge in [-0.25, -0.2) is 0 Å². The van der Waals surface area contributed by atoms with E-state index in [1.165, 1.54) is 0 Å². The summed E-state index contributed by atoms with van der Waals surface area (Å²) in [4.78, 5) is 13.9. The van der Waals surface area contributed by atoms with Gasteiger partial charge in [-0.1, -0.05) is 18.2 Å². The van der Waals surface area contributed by atoms with Crippen LogP contribution in [0, 0.1) is 5.92 Å². The van der Waals surface area contributed by atoms with Gasteiger partial charge in [0.05, 0.1) is 5.92 Å². The van der Waals surface area contributed by atoms with E-state index in [0.717, 1.165) is 29.2 Å². The Balaban J connectivity index is 2.11. The van der Waals surface area contributed by atoms with Crippen molar-refractivity contribution in [2.45, 2.75) is 18.4 Å². The highest BCUT2D eigenvalue weighted by Crippen LogP contribution is 2.45. The summed E-state index contributed by atoms with van der Waals surface area (Å²) < 4.78 is 0. The first-order valence-electron chi connectivity index (χ1n) is 6.32. The average molecular weight is 263 g/mol. The van der Waals surface area contributed by atoms with Crippen LogP contribution in [0.15, 0.2) is 24.3 Å². The molecule has 96 valence electrons. The molecule has 0 radical (unpaired) electrons. The number of anilines is 1. The largest absolute Gasteiger partial charge is 0.481 e. The van der Waals surface area contributed by atoms with Gasteiger partial charge in [0.15, 0.2) is 0 Å². The second-order valence-corrected chi connectivity index (χ2v) is 6.23. The van der Waals surface area contributed by atoms with Gasteiger partial charge in [-0.2, -0.15) is 11.8 Å². The molecule has 1 aromatic rings. The normalized spacial score (nSPS) is 30.5. The molecule has 1 saturated heterocycles. The first-order valence-corrected chi connectivity index (χ1v) is 7.48. The van der Waals surface area contributed by atoms with Crippen LogP contribution >= 0.6 is 11.8 Å². The van der Waals surface area contributed by atoms with Gasteiger partial charge in [-0.15, -0.1) is 0 Å². The van der Waals surface area contributed by atoms with Gasteiger partial charge < -0.3 is 10.0 Å². The molecule has 3 unspecified atom stereocenters. The number of thioether (sulfide) groups is 1. The fourth-order valence-electron chi connectivity index (χ4n) is 3.35.